The van der Waals surface area contributed by atoms with E-state index in [1.54, 1.807) is 12.4 Å². The maximum Gasteiger partial charge on any atom is 0.241 e. The summed E-state index contributed by atoms with van der Waals surface area (Å²) in [6.45, 7) is 0. The van der Waals surface area contributed by atoms with Crippen molar-refractivity contribution < 1.29 is 8.78 Å². The number of para-hydroxylation sites is 1. The van der Waals surface area contributed by atoms with Gasteiger partial charge in [0.05, 0.1) is 11.2 Å². The Bertz CT molecular complexity index is 547. The predicted octanol–water partition coefficient (Wildman–Crippen LogP) is 3.09. The molecule has 0 aliphatic heterocycles. The summed E-state index contributed by atoms with van der Waals surface area (Å²) in [7, 11) is 0. The number of benzene rings is 1. The van der Waals surface area contributed by atoms with Gasteiger partial charge in [-0.15, -0.1) is 0 Å². The molecular weight excluding hydrogens is 236 g/mol. The standard InChI is InChI=1S/C13H13F2N3/c14-13(15)8-6-9(7-8)18-11-3-1-2-10-12(11)17-5-4-16-10/h1-5,8-9,13,18H,6-7H2. The van der Waals surface area contributed by atoms with Crippen LogP contribution in [-0.2, 0) is 0 Å². The monoisotopic (exact) mass is 249 g/mol. The highest BCUT2D eigenvalue weighted by molar-refractivity contribution is 5.87. The number of nitrogens with one attached hydrogen (secondary N) is 1. The minimum atomic E-state index is -2.20. The number of rotatable bonds is 3. The number of hydrogen-bond donors (Lipinski definition) is 1. The number of nitrogens with zero attached hydrogens (tertiary/aromatic N) is 2. The van der Waals surface area contributed by atoms with E-state index in [0.717, 1.165) is 16.7 Å². The largest absolute Gasteiger partial charge is 0.380 e. The van der Waals surface area contributed by atoms with Gasteiger partial charge in [-0.05, 0) is 25.0 Å². The van der Waals surface area contributed by atoms with Crippen molar-refractivity contribution in [2.75, 3.05) is 5.32 Å². The number of aromatic nitrogens is 2. The molecule has 0 bridgehead atoms. The highest BCUT2D eigenvalue weighted by atomic mass is 19.3. The van der Waals surface area contributed by atoms with E-state index in [9.17, 15) is 8.78 Å². The number of fused-ring (bicyclic) bond motifs is 1. The van der Waals surface area contributed by atoms with Crippen LogP contribution in [0.4, 0.5) is 14.5 Å². The Hall–Kier alpha value is -1.78. The summed E-state index contributed by atoms with van der Waals surface area (Å²) in [5.41, 5.74) is 2.48. The third-order valence-electron chi connectivity index (χ3n) is 3.39. The van der Waals surface area contributed by atoms with Gasteiger partial charge in [0.1, 0.15) is 5.52 Å². The van der Waals surface area contributed by atoms with Crippen molar-refractivity contribution in [3.63, 3.8) is 0 Å². The van der Waals surface area contributed by atoms with E-state index in [1.807, 2.05) is 18.2 Å². The highest BCUT2D eigenvalue weighted by Crippen LogP contribution is 2.35. The first-order valence-corrected chi connectivity index (χ1v) is 5.98. The highest BCUT2D eigenvalue weighted by Gasteiger charge is 2.35. The van der Waals surface area contributed by atoms with Crippen LogP contribution in [0.2, 0.25) is 0 Å². The van der Waals surface area contributed by atoms with Crippen LogP contribution in [0, 0.1) is 5.92 Å². The number of halogens is 2. The lowest BCUT2D eigenvalue weighted by Gasteiger charge is -2.35. The summed E-state index contributed by atoms with van der Waals surface area (Å²) < 4.78 is 24.8. The molecule has 1 aromatic carbocycles. The topological polar surface area (TPSA) is 37.8 Å². The van der Waals surface area contributed by atoms with Crippen LogP contribution >= 0.6 is 0 Å². The summed E-state index contributed by atoms with van der Waals surface area (Å²) in [5.74, 6) is -0.455. The summed E-state index contributed by atoms with van der Waals surface area (Å²) in [5, 5.41) is 3.27. The number of anilines is 1. The molecule has 0 unspecified atom stereocenters. The molecule has 94 valence electrons. The molecule has 0 radical (unpaired) electrons. The lowest BCUT2D eigenvalue weighted by atomic mass is 9.80. The first kappa shape index (κ1) is 11.3. The van der Waals surface area contributed by atoms with Gasteiger partial charge in [-0.3, -0.25) is 9.97 Å². The van der Waals surface area contributed by atoms with Crippen LogP contribution in [-0.4, -0.2) is 22.4 Å². The zero-order chi connectivity index (χ0) is 12.5. The van der Waals surface area contributed by atoms with Crippen LogP contribution < -0.4 is 5.32 Å². The molecule has 1 saturated carbocycles. The molecule has 3 nitrogen and oxygen atoms in total. The summed E-state index contributed by atoms with van der Waals surface area (Å²) in [6, 6.07) is 5.81. The second-order valence-electron chi connectivity index (χ2n) is 4.64. The van der Waals surface area contributed by atoms with Crippen molar-refractivity contribution in [3.8, 4) is 0 Å². The van der Waals surface area contributed by atoms with Gasteiger partial charge >= 0.3 is 0 Å². The fourth-order valence-electron chi connectivity index (χ4n) is 2.31. The fraction of sp³-hybridized carbons (Fsp3) is 0.385. The Kier molecular flexibility index (Phi) is 2.81. The Labute approximate surface area is 103 Å². The van der Waals surface area contributed by atoms with E-state index in [2.05, 4.69) is 15.3 Å². The molecule has 0 spiro atoms. The third kappa shape index (κ3) is 2.00. The summed E-state index contributed by atoms with van der Waals surface area (Å²) >= 11 is 0. The van der Waals surface area contributed by atoms with E-state index in [1.165, 1.54) is 0 Å². The fourth-order valence-corrected chi connectivity index (χ4v) is 2.31. The Morgan fingerprint density at radius 3 is 2.72 bits per heavy atom. The third-order valence-corrected chi connectivity index (χ3v) is 3.39. The van der Waals surface area contributed by atoms with Gasteiger partial charge in [-0.25, -0.2) is 8.78 Å². The molecule has 1 aliphatic rings. The molecule has 1 aromatic heterocycles. The molecule has 1 fully saturated rings. The van der Waals surface area contributed by atoms with Gasteiger partial charge in [-0.1, -0.05) is 6.07 Å². The van der Waals surface area contributed by atoms with Crippen LogP contribution in [0.1, 0.15) is 12.8 Å². The molecule has 1 aliphatic carbocycles. The van der Waals surface area contributed by atoms with Gasteiger partial charge in [0.2, 0.25) is 6.43 Å². The normalized spacial score (nSPS) is 23.1. The minimum absolute atomic E-state index is 0.122. The van der Waals surface area contributed by atoms with Gasteiger partial charge in [0.25, 0.3) is 0 Å². The first-order valence-electron chi connectivity index (χ1n) is 5.98. The molecular formula is C13H13F2N3. The van der Waals surface area contributed by atoms with E-state index in [-0.39, 0.29) is 6.04 Å². The SMILES string of the molecule is FC(F)C1CC(Nc2cccc3nccnc23)C1. The van der Waals surface area contributed by atoms with Crippen LogP contribution in [0.3, 0.4) is 0 Å². The molecule has 5 heteroatoms. The maximum absolute atomic E-state index is 12.4. The first-order chi connectivity index (χ1) is 8.74. The second kappa shape index (κ2) is 4.48. The number of hydrogen-bond acceptors (Lipinski definition) is 3. The summed E-state index contributed by atoms with van der Waals surface area (Å²) in [6.07, 6.45) is 2.12. The van der Waals surface area contributed by atoms with Gasteiger partial charge in [0.15, 0.2) is 0 Å². The second-order valence-corrected chi connectivity index (χ2v) is 4.64. The molecule has 18 heavy (non-hydrogen) atoms. The zero-order valence-corrected chi connectivity index (χ0v) is 9.68. The van der Waals surface area contributed by atoms with E-state index in [4.69, 9.17) is 0 Å². The predicted molar refractivity (Wildman–Crippen MR) is 65.7 cm³/mol. The quantitative estimate of drug-likeness (QED) is 0.908. The van der Waals surface area contributed by atoms with Crippen molar-refractivity contribution in [1.82, 2.24) is 9.97 Å². The van der Waals surface area contributed by atoms with E-state index in [0.29, 0.717) is 12.8 Å². The van der Waals surface area contributed by atoms with Gasteiger partial charge in [0, 0.05) is 24.4 Å². The van der Waals surface area contributed by atoms with Gasteiger partial charge < -0.3 is 5.32 Å². The zero-order valence-electron chi connectivity index (χ0n) is 9.68. The van der Waals surface area contributed by atoms with Crippen LogP contribution in [0.15, 0.2) is 30.6 Å². The van der Waals surface area contributed by atoms with Crippen LogP contribution in [0.25, 0.3) is 11.0 Å². The Morgan fingerprint density at radius 2 is 1.94 bits per heavy atom. The average molecular weight is 249 g/mol. The number of alkyl halides is 2. The lowest BCUT2D eigenvalue weighted by molar-refractivity contribution is 0.0281. The summed E-state index contributed by atoms with van der Waals surface area (Å²) in [4.78, 5) is 8.49. The molecule has 3 rings (SSSR count). The smallest absolute Gasteiger partial charge is 0.241 e. The maximum atomic E-state index is 12.4. The van der Waals surface area contributed by atoms with Crippen LogP contribution in [0.5, 0.6) is 0 Å². The molecule has 1 heterocycles. The molecule has 0 atom stereocenters. The van der Waals surface area contributed by atoms with Crippen molar-refractivity contribution in [2.45, 2.75) is 25.3 Å². The molecule has 0 saturated heterocycles. The van der Waals surface area contributed by atoms with E-state index < -0.39 is 12.3 Å². The lowest BCUT2D eigenvalue weighted by Crippen LogP contribution is -2.38. The van der Waals surface area contributed by atoms with Gasteiger partial charge in [-0.2, -0.15) is 0 Å². The minimum Gasteiger partial charge on any atom is -0.380 e. The average Bonchev–Trinajstić information content (AvgIpc) is 2.33. The molecule has 2 aromatic rings. The molecule has 0 amide bonds. The Morgan fingerprint density at radius 1 is 1.17 bits per heavy atom. The van der Waals surface area contributed by atoms with Crippen molar-refractivity contribution in [1.29, 1.82) is 0 Å². The van der Waals surface area contributed by atoms with E-state index >= 15 is 0 Å². The molecule has 1 N–H and O–H groups in total. The Balaban J connectivity index is 1.76. The van der Waals surface area contributed by atoms with Crippen molar-refractivity contribution in [3.05, 3.63) is 30.6 Å². The van der Waals surface area contributed by atoms with Crippen molar-refractivity contribution >= 4 is 16.7 Å². The van der Waals surface area contributed by atoms with Crippen molar-refractivity contribution in [2.24, 2.45) is 5.92 Å².